The highest BCUT2D eigenvalue weighted by Crippen LogP contribution is 2.11. The minimum atomic E-state index is 0.211. The Morgan fingerprint density at radius 1 is 1.41 bits per heavy atom. The fraction of sp³-hybridized carbons (Fsp3) is 0.583. The summed E-state index contributed by atoms with van der Waals surface area (Å²) in [5.41, 5.74) is 1.38. The van der Waals surface area contributed by atoms with E-state index >= 15 is 0 Å². The summed E-state index contributed by atoms with van der Waals surface area (Å²) in [6.45, 7) is 5.12. The largest absolute Gasteiger partial charge is 0.339 e. The number of hydrogen-bond donors (Lipinski definition) is 1. The van der Waals surface area contributed by atoms with Gasteiger partial charge in [-0.15, -0.1) is 0 Å². The van der Waals surface area contributed by atoms with Crippen molar-refractivity contribution in [2.45, 2.75) is 6.54 Å². The van der Waals surface area contributed by atoms with Crippen LogP contribution in [0.2, 0.25) is 0 Å². The van der Waals surface area contributed by atoms with E-state index in [-0.39, 0.29) is 5.91 Å². The lowest BCUT2D eigenvalue weighted by Gasteiger charge is -2.34. The molecular weight excluding hydrogens is 234 g/mol. The third-order valence-corrected chi connectivity index (χ3v) is 3.77. The summed E-state index contributed by atoms with van der Waals surface area (Å²) >= 11 is 1.74. The van der Waals surface area contributed by atoms with Gasteiger partial charge in [0.15, 0.2) is 0 Å². The van der Waals surface area contributed by atoms with Gasteiger partial charge in [0.1, 0.15) is 0 Å². The van der Waals surface area contributed by atoms with Crippen LogP contribution in [0.4, 0.5) is 0 Å². The normalized spacial score (nSPS) is 17.4. The number of thiophene rings is 1. The third kappa shape index (κ3) is 3.52. The van der Waals surface area contributed by atoms with E-state index in [9.17, 15) is 4.79 Å². The second-order valence-electron chi connectivity index (χ2n) is 4.32. The Kier molecular flexibility index (Phi) is 4.53. The van der Waals surface area contributed by atoms with Gasteiger partial charge in [-0.25, -0.2) is 0 Å². The van der Waals surface area contributed by atoms with Crippen molar-refractivity contribution in [2.75, 3.05) is 39.8 Å². The number of nitrogens with one attached hydrogen (secondary N) is 1. The quantitative estimate of drug-likeness (QED) is 0.854. The van der Waals surface area contributed by atoms with Crippen LogP contribution in [0.3, 0.4) is 0 Å². The van der Waals surface area contributed by atoms with E-state index in [0.717, 1.165) is 32.7 Å². The smallest absolute Gasteiger partial charge is 0.236 e. The van der Waals surface area contributed by atoms with Gasteiger partial charge in [0, 0.05) is 32.7 Å². The summed E-state index contributed by atoms with van der Waals surface area (Å²) in [6.07, 6.45) is 0. The Hall–Kier alpha value is -0.910. The Morgan fingerprint density at radius 2 is 2.18 bits per heavy atom. The highest BCUT2D eigenvalue weighted by molar-refractivity contribution is 7.07. The Morgan fingerprint density at radius 3 is 2.76 bits per heavy atom. The second kappa shape index (κ2) is 6.14. The predicted octanol–water partition coefficient (Wildman–Crippen LogP) is 0.612. The number of rotatable bonds is 4. The number of carbonyl (C=O) groups is 1. The molecule has 1 amide bonds. The highest BCUT2D eigenvalue weighted by Gasteiger charge is 2.20. The van der Waals surface area contributed by atoms with Gasteiger partial charge in [0.25, 0.3) is 0 Å². The minimum Gasteiger partial charge on any atom is -0.339 e. The molecule has 0 spiro atoms. The Bertz CT molecular complexity index is 345. The van der Waals surface area contributed by atoms with Crippen LogP contribution in [0.5, 0.6) is 0 Å². The van der Waals surface area contributed by atoms with Crippen molar-refractivity contribution < 1.29 is 4.79 Å². The zero-order valence-electron chi connectivity index (χ0n) is 10.2. The molecule has 0 atom stereocenters. The fourth-order valence-electron chi connectivity index (χ4n) is 2.06. The van der Waals surface area contributed by atoms with Crippen molar-refractivity contribution in [3.8, 4) is 0 Å². The van der Waals surface area contributed by atoms with Gasteiger partial charge in [-0.2, -0.15) is 11.3 Å². The first-order valence-corrected chi connectivity index (χ1v) is 6.89. The summed E-state index contributed by atoms with van der Waals surface area (Å²) in [5, 5.41) is 7.22. The standard InChI is InChI=1S/C12H19N3OS/c1-13-8-12(16)15-5-3-14(4-6-15)9-11-2-7-17-10-11/h2,7,10,13H,3-6,8-9H2,1H3. The molecule has 1 aliphatic heterocycles. The van der Waals surface area contributed by atoms with E-state index in [0.29, 0.717) is 6.54 Å². The Balaban J connectivity index is 1.76. The molecule has 0 bridgehead atoms. The van der Waals surface area contributed by atoms with E-state index in [1.807, 2.05) is 11.9 Å². The van der Waals surface area contributed by atoms with Gasteiger partial charge < -0.3 is 10.2 Å². The number of carbonyl (C=O) groups excluding carboxylic acids is 1. The number of amides is 1. The average Bonchev–Trinajstić information content (AvgIpc) is 2.83. The number of likely N-dealkylation sites (N-methyl/N-ethyl adjacent to an activating group) is 1. The van der Waals surface area contributed by atoms with E-state index in [4.69, 9.17) is 0 Å². The van der Waals surface area contributed by atoms with Crippen molar-refractivity contribution >= 4 is 17.2 Å². The molecule has 1 aromatic heterocycles. The molecule has 2 rings (SSSR count). The highest BCUT2D eigenvalue weighted by atomic mass is 32.1. The molecular formula is C12H19N3OS. The maximum absolute atomic E-state index is 11.7. The number of piperazine rings is 1. The minimum absolute atomic E-state index is 0.211. The molecule has 0 aliphatic carbocycles. The monoisotopic (exact) mass is 253 g/mol. The molecule has 0 saturated carbocycles. The van der Waals surface area contributed by atoms with Crippen LogP contribution < -0.4 is 5.32 Å². The first-order valence-electron chi connectivity index (χ1n) is 5.95. The van der Waals surface area contributed by atoms with E-state index in [2.05, 4.69) is 27.0 Å². The molecule has 4 nitrogen and oxygen atoms in total. The van der Waals surface area contributed by atoms with Crippen LogP contribution >= 0.6 is 11.3 Å². The van der Waals surface area contributed by atoms with Crippen LogP contribution in [-0.4, -0.2) is 55.5 Å². The first kappa shape index (κ1) is 12.5. The Labute approximate surface area is 106 Å². The summed E-state index contributed by atoms with van der Waals surface area (Å²) in [6, 6.07) is 2.17. The van der Waals surface area contributed by atoms with Gasteiger partial charge in [-0.3, -0.25) is 9.69 Å². The molecule has 2 heterocycles. The van der Waals surface area contributed by atoms with Gasteiger partial charge >= 0.3 is 0 Å². The lowest BCUT2D eigenvalue weighted by molar-refractivity contribution is -0.131. The lowest BCUT2D eigenvalue weighted by atomic mass is 10.2. The van der Waals surface area contributed by atoms with Crippen molar-refractivity contribution in [2.24, 2.45) is 0 Å². The molecule has 94 valence electrons. The lowest BCUT2D eigenvalue weighted by Crippen LogP contribution is -2.50. The summed E-state index contributed by atoms with van der Waals surface area (Å²) < 4.78 is 0. The van der Waals surface area contributed by atoms with E-state index < -0.39 is 0 Å². The second-order valence-corrected chi connectivity index (χ2v) is 5.10. The van der Waals surface area contributed by atoms with Crippen molar-refractivity contribution in [1.82, 2.24) is 15.1 Å². The maximum atomic E-state index is 11.7. The third-order valence-electron chi connectivity index (χ3n) is 3.04. The maximum Gasteiger partial charge on any atom is 0.236 e. The molecule has 5 heteroatoms. The molecule has 17 heavy (non-hydrogen) atoms. The number of nitrogens with zero attached hydrogens (tertiary/aromatic N) is 2. The fourth-order valence-corrected chi connectivity index (χ4v) is 2.72. The van der Waals surface area contributed by atoms with Crippen LogP contribution in [0.25, 0.3) is 0 Å². The van der Waals surface area contributed by atoms with Gasteiger partial charge in [-0.05, 0) is 29.4 Å². The topological polar surface area (TPSA) is 35.6 Å². The summed E-state index contributed by atoms with van der Waals surface area (Å²) in [7, 11) is 1.81. The van der Waals surface area contributed by atoms with Crippen LogP contribution in [-0.2, 0) is 11.3 Å². The summed E-state index contributed by atoms with van der Waals surface area (Å²) in [4.78, 5) is 16.0. The SMILES string of the molecule is CNCC(=O)N1CCN(Cc2ccsc2)CC1. The van der Waals surface area contributed by atoms with Crippen LogP contribution in [0, 0.1) is 0 Å². The molecule has 0 aromatic carbocycles. The predicted molar refractivity (Wildman–Crippen MR) is 70.1 cm³/mol. The van der Waals surface area contributed by atoms with E-state index in [1.54, 1.807) is 11.3 Å². The van der Waals surface area contributed by atoms with Crippen molar-refractivity contribution in [3.63, 3.8) is 0 Å². The zero-order valence-corrected chi connectivity index (χ0v) is 11.0. The first-order chi connectivity index (χ1) is 8.29. The van der Waals surface area contributed by atoms with Crippen LogP contribution in [0.1, 0.15) is 5.56 Å². The molecule has 1 N–H and O–H groups in total. The van der Waals surface area contributed by atoms with Crippen LogP contribution in [0.15, 0.2) is 16.8 Å². The molecule has 1 aliphatic rings. The molecule has 0 unspecified atom stereocenters. The number of hydrogen-bond acceptors (Lipinski definition) is 4. The van der Waals surface area contributed by atoms with Gasteiger partial charge in [0.05, 0.1) is 6.54 Å². The average molecular weight is 253 g/mol. The molecule has 1 fully saturated rings. The molecule has 1 aromatic rings. The zero-order chi connectivity index (χ0) is 12.1. The van der Waals surface area contributed by atoms with E-state index in [1.165, 1.54) is 5.56 Å². The molecule has 0 radical (unpaired) electrons. The molecule has 1 saturated heterocycles. The van der Waals surface area contributed by atoms with Crippen molar-refractivity contribution in [3.05, 3.63) is 22.4 Å². The van der Waals surface area contributed by atoms with Crippen molar-refractivity contribution in [1.29, 1.82) is 0 Å². The van der Waals surface area contributed by atoms with Gasteiger partial charge in [-0.1, -0.05) is 0 Å². The summed E-state index contributed by atoms with van der Waals surface area (Å²) in [5.74, 6) is 0.211. The van der Waals surface area contributed by atoms with Gasteiger partial charge in [0.2, 0.25) is 5.91 Å².